The van der Waals surface area contributed by atoms with Gasteiger partial charge in [-0.15, -0.1) is 0 Å². The van der Waals surface area contributed by atoms with E-state index in [-0.39, 0.29) is 0 Å². The maximum absolute atomic E-state index is 6.08. The molecule has 0 aromatic carbocycles. The molecule has 0 bridgehead atoms. The maximum atomic E-state index is 6.08. The van der Waals surface area contributed by atoms with E-state index in [1.807, 2.05) is 20.0 Å². The molecule has 0 aliphatic rings. The van der Waals surface area contributed by atoms with Crippen LogP contribution >= 0.6 is 11.6 Å². The van der Waals surface area contributed by atoms with Crippen LogP contribution in [0.3, 0.4) is 0 Å². The minimum Gasteiger partial charge on any atom is -0.394 e. The smallest absolute Gasteiger partial charge is 0.224 e. The quantitative estimate of drug-likeness (QED) is 0.777. The number of nitrogens with one attached hydrogen (secondary N) is 2. The first-order valence-electron chi connectivity index (χ1n) is 5.30. The van der Waals surface area contributed by atoms with E-state index >= 15 is 0 Å². The summed E-state index contributed by atoms with van der Waals surface area (Å²) in [6.07, 6.45) is 4.69. The average molecular weight is 241 g/mol. The van der Waals surface area contributed by atoms with E-state index in [2.05, 4.69) is 27.5 Å². The van der Waals surface area contributed by atoms with Gasteiger partial charge in [0.25, 0.3) is 0 Å². The Labute approximate surface area is 101 Å². The maximum Gasteiger partial charge on any atom is 0.224 e. The third-order valence-corrected chi connectivity index (χ3v) is 2.33. The van der Waals surface area contributed by atoms with Crippen molar-refractivity contribution in [2.24, 2.45) is 0 Å². The van der Waals surface area contributed by atoms with Crippen molar-refractivity contribution >= 4 is 23.6 Å². The summed E-state index contributed by atoms with van der Waals surface area (Å²) in [5.74, 6) is 0.589. The first kappa shape index (κ1) is 12.8. The second-order valence-corrected chi connectivity index (χ2v) is 3.74. The first-order chi connectivity index (χ1) is 7.69. The number of hydrogen-bond acceptors (Lipinski definition) is 4. The molecule has 0 atom stereocenters. The van der Waals surface area contributed by atoms with Crippen LogP contribution in [0.5, 0.6) is 0 Å². The minimum absolute atomic E-state index is 0.470. The lowest BCUT2D eigenvalue weighted by molar-refractivity contribution is 0.945. The molecule has 4 nitrogen and oxygen atoms in total. The molecule has 0 spiro atoms. The Morgan fingerprint density at radius 3 is 2.69 bits per heavy atom. The number of halogens is 1. The lowest BCUT2D eigenvalue weighted by Gasteiger charge is -2.07. The van der Waals surface area contributed by atoms with Crippen LogP contribution in [0.25, 0.3) is 6.08 Å². The molecule has 2 N–H and O–H groups in total. The number of rotatable bonds is 5. The van der Waals surface area contributed by atoms with Crippen molar-refractivity contribution in [3.05, 3.63) is 22.6 Å². The van der Waals surface area contributed by atoms with Gasteiger partial charge in [0.2, 0.25) is 5.95 Å². The molecule has 0 fully saturated rings. The Morgan fingerprint density at radius 1 is 1.38 bits per heavy atom. The number of anilines is 1. The molecule has 1 aromatic heterocycles. The molecule has 0 saturated carbocycles. The lowest BCUT2D eigenvalue weighted by atomic mass is 10.2. The summed E-state index contributed by atoms with van der Waals surface area (Å²) in [6, 6.07) is 0. The van der Waals surface area contributed by atoms with Crippen molar-refractivity contribution in [3.63, 3.8) is 0 Å². The van der Waals surface area contributed by atoms with E-state index in [0.29, 0.717) is 11.1 Å². The highest BCUT2D eigenvalue weighted by atomic mass is 35.5. The third-order valence-electron chi connectivity index (χ3n) is 2.04. The summed E-state index contributed by atoms with van der Waals surface area (Å²) in [5, 5.41) is 6.49. The van der Waals surface area contributed by atoms with Crippen LogP contribution in [0.4, 0.5) is 5.95 Å². The van der Waals surface area contributed by atoms with E-state index in [9.17, 15) is 0 Å². The van der Waals surface area contributed by atoms with Crippen molar-refractivity contribution in [1.29, 1.82) is 0 Å². The Morgan fingerprint density at radius 2 is 2.12 bits per heavy atom. The van der Waals surface area contributed by atoms with E-state index in [1.165, 1.54) is 0 Å². The van der Waals surface area contributed by atoms with Gasteiger partial charge >= 0.3 is 0 Å². The Balaban J connectivity index is 2.93. The van der Waals surface area contributed by atoms with Gasteiger partial charge in [-0.1, -0.05) is 18.5 Å². The van der Waals surface area contributed by atoms with Crippen molar-refractivity contribution < 1.29 is 0 Å². The molecule has 1 heterocycles. The SMILES string of the molecule is CCCNc1nc(C)c(/C=C\NC)c(Cl)n1. The van der Waals surface area contributed by atoms with Crippen LogP contribution in [-0.4, -0.2) is 23.6 Å². The van der Waals surface area contributed by atoms with Gasteiger partial charge in [-0.25, -0.2) is 9.97 Å². The summed E-state index contributed by atoms with van der Waals surface area (Å²) in [7, 11) is 1.83. The number of aryl methyl sites for hydroxylation is 1. The molecule has 0 saturated heterocycles. The summed E-state index contributed by atoms with van der Waals surface area (Å²) in [4.78, 5) is 8.53. The van der Waals surface area contributed by atoms with E-state index in [0.717, 1.165) is 24.2 Å². The van der Waals surface area contributed by atoms with Crippen LogP contribution in [-0.2, 0) is 0 Å². The van der Waals surface area contributed by atoms with Crippen LogP contribution in [0, 0.1) is 6.92 Å². The zero-order chi connectivity index (χ0) is 12.0. The van der Waals surface area contributed by atoms with Crippen molar-refractivity contribution in [3.8, 4) is 0 Å². The van der Waals surface area contributed by atoms with Gasteiger partial charge < -0.3 is 10.6 Å². The topological polar surface area (TPSA) is 49.8 Å². The molecule has 0 unspecified atom stereocenters. The van der Waals surface area contributed by atoms with Gasteiger partial charge in [-0.05, 0) is 25.6 Å². The molecule has 0 radical (unpaired) electrons. The Bertz CT molecular complexity index is 353. The Kier molecular flexibility index (Phi) is 5.05. The predicted octanol–water partition coefficient (Wildman–Crippen LogP) is 2.45. The Hall–Kier alpha value is -1.29. The highest BCUT2D eigenvalue weighted by molar-refractivity contribution is 6.31. The molecule has 1 aromatic rings. The molecule has 0 aliphatic heterocycles. The highest BCUT2D eigenvalue weighted by Gasteiger charge is 2.06. The summed E-state index contributed by atoms with van der Waals surface area (Å²) in [5.41, 5.74) is 1.71. The predicted molar refractivity (Wildman–Crippen MR) is 68.7 cm³/mol. The largest absolute Gasteiger partial charge is 0.394 e. The van der Waals surface area contributed by atoms with E-state index < -0.39 is 0 Å². The van der Waals surface area contributed by atoms with Gasteiger partial charge in [0, 0.05) is 19.2 Å². The normalized spacial score (nSPS) is 10.8. The number of aromatic nitrogens is 2. The van der Waals surface area contributed by atoms with Gasteiger partial charge in [-0.3, -0.25) is 0 Å². The monoisotopic (exact) mass is 240 g/mol. The van der Waals surface area contributed by atoms with E-state index in [4.69, 9.17) is 11.6 Å². The van der Waals surface area contributed by atoms with E-state index in [1.54, 1.807) is 6.20 Å². The lowest BCUT2D eigenvalue weighted by Crippen LogP contribution is -2.06. The molecule has 88 valence electrons. The van der Waals surface area contributed by atoms with Crippen molar-refractivity contribution in [2.45, 2.75) is 20.3 Å². The van der Waals surface area contributed by atoms with Gasteiger partial charge in [-0.2, -0.15) is 0 Å². The van der Waals surface area contributed by atoms with Crippen molar-refractivity contribution in [2.75, 3.05) is 18.9 Å². The van der Waals surface area contributed by atoms with Crippen LogP contribution in [0.2, 0.25) is 5.15 Å². The standard InChI is InChI=1S/C11H17ClN4/c1-4-6-14-11-15-8(2)9(5-7-13-3)10(12)16-11/h5,7,13H,4,6H2,1-3H3,(H,14,15,16)/b7-5-. The molecule has 0 amide bonds. The fourth-order valence-electron chi connectivity index (χ4n) is 1.22. The van der Waals surface area contributed by atoms with Gasteiger partial charge in [0.05, 0.1) is 5.69 Å². The zero-order valence-electron chi connectivity index (χ0n) is 9.84. The second-order valence-electron chi connectivity index (χ2n) is 3.39. The van der Waals surface area contributed by atoms with Gasteiger partial charge in [0.1, 0.15) is 5.15 Å². The summed E-state index contributed by atoms with van der Waals surface area (Å²) >= 11 is 6.08. The zero-order valence-corrected chi connectivity index (χ0v) is 10.6. The first-order valence-corrected chi connectivity index (χ1v) is 5.68. The fraction of sp³-hybridized carbons (Fsp3) is 0.455. The highest BCUT2D eigenvalue weighted by Crippen LogP contribution is 2.19. The molecular weight excluding hydrogens is 224 g/mol. The fourth-order valence-corrected chi connectivity index (χ4v) is 1.50. The molecule has 1 rings (SSSR count). The van der Waals surface area contributed by atoms with Crippen LogP contribution < -0.4 is 10.6 Å². The van der Waals surface area contributed by atoms with Gasteiger partial charge in [0.15, 0.2) is 0 Å². The summed E-state index contributed by atoms with van der Waals surface area (Å²) < 4.78 is 0. The molecule has 0 aliphatic carbocycles. The second kappa shape index (κ2) is 6.33. The number of nitrogens with zero attached hydrogens (tertiary/aromatic N) is 2. The molecular formula is C11H17ClN4. The summed E-state index contributed by atoms with van der Waals surface area (Å²) in [6.45, 7) is 4.85. The molecule has 5 heteroatoms. The molecule has 16 heavy (non-hydrogen) atoms. The van der Waals surface area contributed by atoms with Crippen LogP contribution in [0.1, 0.15) is 24.6 Å². The number of hydrogen-bond donors (Lipinski definition) is 2. The minimum atomic E-state index is 0.470. The van der Waals surface area contributed by atoms with Crippen molar-refractivity contribution in [1.82, 2.24) is 15.3 Å². The van der Waals surface area contributed by atoms with Crippen LogP contribution in [0.15, 0.2) is 6.20 Å². The third kappa shape index (κ3) is 3.38. The average Bonchev–Trinajstić information content (AvgIpc) is 2.25.